The summed E-state index contributed by atoms with van der Waals surface area (Å²) >= 11 is 0. The molecule has 0 aliphatic carbocycles. The van der Waals surface area contributed by atoms with Gasteiger partial charge in [0.1, 0.15) is 0 Å². The quantitative estimate of drug-likeness (QED) is 0.752. The highest BCUT2D eigenvalue weighted by Crippen LogP contribution is 2.28. The standard InChI is InChI=1S/C13H18O3/c1-10(2)6-7-16-12-5-4-11(9-14)8-13(12)15-3/h4-5,8,14H,1,6-7,9H2,2-3H3. The summed E-state index contributed by atoms with van der Waals surface area (Å²) in [6, 6.07) is 5.40. The van der Waals surface area contributed by atoms with Crippen LogP contribution in [0.25, 0.3) is 0 Å². The molecular formula is C13H18O3. The number of hydrogen-bond donors (Lipinski definition) is 1. The highest BCUT2D eigenvalue weighted by Gasteiger charge is 2.05. The molecular weight excluding hydrogens is 204 g/mol. The van der Waals surface area contributed by atoms with Gasteiger partial charge in [0, 0.05) is 6.42 Å². The van der Waals surface area contributed by atoms with Crippen molar-refractivity contribution in [2.24, 2.45) is 0 Å². The van der Waals surface area contributed by atoms with Gasteiger partial charge in [-0.2, -0.15) is 0 Å². The first-order valence-electron chi connectivity index (χ1n) is 5.22. The maximum Gasteiger partial charge on any atom is 0.161 e. The van der Waals surface area contributed by atoms with Crippen LogP contribution in [0.15, 0.2) is 30.4 Å². The van der Waals surface area contributed by atoms with Gasteiger partial charge in [0.2, 0.25) is 0 Å². The van der Waals surface area contributed by atoms with Crippen LogP contribution in [0.4, 0.5) is 0 Å². The number of methoxy groups -OCH3 is 1. The molecule has 16 heavy (non-hydrogen) atoms. The second-order valence-electron chi connectivity index (χ2n) is 3.70. The van der Waals surface area contributed by atoms with Gasteiger partial charge in [-0.1, -0.05) is 11.6 Å². The predicted molar refractivity (Wildman–Crippen MR) is 63.8 cm³/mol. The van der Waals surface area contributed by atoms with Crippen LogP contribution in [0.3, 0.4) is 0 Å². The van der Waals surface area contributed by atoms with E-state index in [0.29, 0.717) is 18.1 Å². The maximum absolute atomic E-state index is 8.99. The molecule has 1 aromatic rings. The Morgan fingerprint density at radius 2 is 2.12 bits per heavy atom. The van der Waals surface area contributed by atoms with Gasteiger partial charge in [-0.15, -0.1) is 6.58 Å². The molecule has 0 spiro atoms. The van der Waals surface area contributed by atoms with Crippen LogP contribution in [0.5, 0.6) is 11.5 Å². The number of aliphatic hydroxyl groups excluding tert-OH is 1. The normalized spacial score (nSPS) is 9.94. The Bertz CT molecular complexity index is 358. The topological polar surface area (TPSA) is 38.7 Å². The lowest BCUT2D eigenvalue weighted by atomic mass is 10.2. The molecule has 0 heterocycles. The highest BCUT2D eigenvalue weighted by molar-refractivity contribution is 5.42. The fourth-order valence-corrected chi connectivity index (χ4v) is 1.26. The van der Waals surface area contributed by atoms with E-state index in [9.17, 15) is 0 Å². The van der Waals surface area contributed by atoms with E-state index in [0.717, 1.165) is 17.6 Å². The van der Waals surface area contributed by atoms with Crippen molar-refractivity contribution in [1.29, 1.82) is 0 Å². The molecule has 0 aliphatic heterocycles. The van der Waals surface area contributed by atoms with Crippen molar-refractivity contribution in [1.82, 2.24) is 0 Å². The Morgan fingerprint density at radius 3 is 2.69 bits per heavy atom. The van der Waals surface area contributed by atoms with Crippen molar-refractivity contribution in [3.63, 3.8) is 0 Å². The van der Waals surface area contributed by atoms with E-state index >= 15 is 0 Å². The SMILES string of the molecule is C=C(C)CCOc1ccc(CO)cc1OC. The summed E-state index contributed by atoms with van der Waals surface area (Å²) in [7, 11) is 1.59. The first-order valence-corrected chi connectivity index (χ1v) is 5.22. The molecule has 1 aromatic carbocycles. The van der Waals surface area contributed by atoms with E-state index < -0.39 is 0 Å². The zero-order chi connectivity index (χ0) is 12.0. The minimum atomic E-state index is 0.00239. The summed E-state index contributed by atoms with van der Waals surface area (Å²) in [5.74, 6) is 1.34. The van der Waals surface area contributed by atoms with Crippen LogP contribution >= 0.6 is 0 Å². The first kappa shape index (κ1) is 12.6. The molecule has 1 N–H and O–H groups in total. The summed E-state index contributed by atoms with van der Waals surface area (Å²) in [6.45, 7) is 6.37. The Hall–Kier alpha value is -1.48. The fourth-order valence-electron chi connectivity index (χ4n) is 1.26. The molecule has 0 saturated carbocycles. The van der Waals surface area contributed by atoms with Crippen molar-refractivity contribution in [3.05, 3.63) is 35.9 Å². The lowest BCUT2D eigenvalue weighted by molar-refractivity contribution is 0.277. The Kier molecular flexibility index (Phi) is 4.86. The minimum absolute atomic E-state index is 0.00239. The number of rotatable bonds is 6. The monoisotopic (exact) mass is 222 g/mol. The molecule has 0 radical (unpaired) electrons. The highest BCUT2D eigenvalue weighted by atomic mass is 16.5. The van der Waals surface area contributed by atoms with Crippen LogP contribution < -0.4 is 9.47 Å². The number of benzene rings is 1. The van der Waals surface area contributed by atoms with E-state index in [1.54, 1.807) is 13.2 Å². The zero-order valence-corrected chi connectivity index (χ0v) is 9.82. The smallest absolute Gasteiger partial charge is 0.161 e. The van der Waals surface area contributed by atoms with Crippen LogP contribution in [0, 0.1) is 0 Å². The molecule has 0 amide bonds. The summed E-state index contributed by atoms with van der Waals surface area (Å²) in [5.41, 5.74) is 1.90. The van der Waals surface area contributed by atoms with E-state index in [4.69, 9.17) is 14.6 Å². The lowest BCUT2D eigenvalue weighted by Crippen LogP contribution is -2.00. The maximum atomic E-state index is 8.99. The van der Waals surface area contributed by atoms with Gasteiger partial charge < -0.3 is 14.6 Å². The molecule has 0 atom stereocenters. The van der Waals surface area contributed by atoms with Gasteiger partial charge in [-0.25, -0.2) is 0 Å². The lowest BCUT2D eigenvalue weighted by Gasteiger charge is -2.11. The van der Waals surface area contributed by atoms with Gasteiger partial charge in [-0.3, -0.25) is 0 Å². The Morgan fingerprint density at radius 1 is 1.38 bits per heavy atom. The molecule has 3 nitrogen and oxygen atoms in total. The number of aliphatic hydroxyl groups is 1. The third kappa shape index (κ3) is 3.59. The Balaban J connectivity index is 2.68. The molecule has 3 heteroatoms. The van der Waals surface area contributed by atoms with Crippen molar-refractivity contribution in [3.8, 4) is 11.5 Å². The first-order chi connectivity index (χ1) is 7.67. The average molecular weight is 222 g/mol. The summed E-state index contributed by atoms with van der Waals surface area (Å²) in [6.07, 6.45) is 0.824. The molecule has 0 fully saturated rings. The van der Waals surface area contributed by atoms with E-state index in [1.165, 1.54) is 0 Å². The van der Waals surface area contributed by atoms with Crippen molar-refractivity contribution in [2.45, 2.75) is 20.0 Å². The summed E-state index contributed by atoms with van der Waals surface area (Å²) < 4.78 is 10.8. The van der Waals surface area contributed by atoms with E-state index in [2.05, 4.69) is 6.58 Å². The van der Waals surface area contributed by atoms with Gasteiger partial charge in [0.25, 0.3) is 0 Å². The van der Waals surface area contributed by atoms with Crippen molar-refractivity contribution >= 4 is 0 Å². The van der Waals surface area contributed by atoms with Crippen molar-refractivity contribution < 1.29 is 14.6 Å². The van der Waals surface area contributed by atoms with Crippen LogP contribution in [-0.2, 0) is 6.61 Å². The van der Waals surface area contributed by atoms with Crippen LogP contribution in [-0.4, -0.2) is 18.8 Å². The van der Waals surface area contributed by atoms with Gasteiger partial charge in [0.05, 0.1) is 20.3 Å². The molecule has 0 saturated heterocycles. The van der Waals surface area contributed by atoms with Crippen LogP contribution in [0.1, 0.15) is 18.9 Å². The number of ether oxygens (including phenoxy) is 2. The third-order valence-electron chi connectivity index (χ3n) is 2.20. The fraction of sp³-hybridized carbons (Fsp3) is 0.385. The molecule has 0 unspecified atom stereocenters. The van der Waals surface area contributed by atoms with Gasteiger partial charge in [0.15, 0.2) is 11.5 Å². The zero-order valence-electron chi connectivity index (χ0n) is 9.82. The minimum Gasteiger partial charge on any atom is -0.493 e. The molecule has 88 valence electrons. The number of hydrogen-bond acceptors (Lipinski definition) is 3. The largest absolute Gasteiger partial charge is 0.493 e. The molecule has 0 aliphatic rings. The summed E-state index contributed by atoms with van der Waals surface area (Å²) in [4.78, 5) is 0. The summed E-state index contributed by atoms with van der Waals surface area (Å²) in [5, 5.41) is 8.99. The third-order valence-corrected chi connectivity index (χ3v) is 2.20. The van der Waals surface area contributed by atoms with E-state index in [-0.39, 0.29) is 6.61 Å². The van der Waals surface area contributed by atoms with Crippen LogP contribution in [0.2, 0.25) is 0 Å². The van der Waals surface area contributed by atoms with Crippen molar-refractivity contribution in [2.75, 3.05) is 13.7 Å². The van der Waals surface area contributed by atoms with E-state index in [1.807, 2.05) is 19.1 Å². The van der Waals surface area contributed by atoms with Gasteiger partial charge in [-0.05, 0) is 24.6 Å². The second kappa shape index (κ2) is 6.18. The second-order valence-corrected chi connectivity index (χ2v) is 3.70. The molecule has 1 rings (SSSR count). The van der Waals surface area contributed by atoms with Gasteiger partial charge >= 0.3 is 0 Å². The average Bonchev–Trinajstić information content (AvgIpc) is 2.29. The predicted octanol–water partition coefficient (Wildman–Crippen LogP) is 2.53. The molecule has 0 aromatic heterocycles. The molecule has 0 bridgehead atoms. The Labute approximate surface area is 96.3 Å².